The van der Waals surface area contributed by atoms with Crippen molar-refractivity contribution in [3.05, 3.63) is 40.4 Å². The Morgan fingerprint density at radius 3 is 2.53 bits per heavy atom. The summed E-state index contributed by atoms with van der Waals surface area (Å²) < 4.78 is 39.8. The Balaban J connectivity index is 2.42. The highest BCUT2D eigenvalue weighted by atomic mass is 35.5. The second-order valence-electron chi connectivity index (χ2n) is 4.03. The monoisotopic (exact) mass is 303 g/mol. The lowest BCUT2D eigenvalue weighted by atomic mass is 10.3. The SMILES string of the molecule is Cc1n[nH]c(C)c1S(=O)(=O)Nc1cc(F)cc(Cl)c1. The van der Waals surface area contributed by atoms with Crippen LogP contribution >= 0.6 is 11.6 Å². The summed E-state index contributed by atoms with van der Waals surface area (Å²) in [7, 11) is -3.83. The normalized spacial score (nSPS) is 11.6. The Hall–Kier alpha value is -1.60. The standard InChI is InChI=1S/C11H11ClFN3O2S/c1-6-11(7(2)15-14-6)19(17,18)16-10-4-8(12)3-9(13)5-10/h3-5,16H,1-2H3,(H,14,15). The smallest absolute Gasteiger partial charge is 0.265 e. The van der Waals surface area contributed by atoms with Gasteiger partial charge in [-0.3, -0.25) is 9.82 Å². The molecule has 2 aromatic rings. The van der Waals surface area contributed by atoms with Gasteiger partial charge in [0, 0.05) is 5.02 Å². The van der Waals surface area contributed by atoms with Crippen molar-refractivity contribution < 1.29 is 12.8 Å². The molecule has 102 valence electrons. The van der Waals surface area contributed by atoms with E-state index in [0.29, 0.717) is 11.4 Å². The van der Waals surface area contributed by atoms with Gasteiger partial charge < -0.3 is 0 Å². The average molecular weight is 304 g/mol. The molecule has 0 bridgehead atoms. The molecule has 0 fully saturated rings. The summed E-state index contributed by atoms with van der Waals surface area (Å²) in [5.41, 5.74) is 0.810. The van der Waals surface area contributed by atoms with Crippen LogP contribution in [-0.4, -0.2) is 18.6 Å². The number of nitrogens with one attached hydrogen (secondary N) is 2. The second kappa shape index (κ2) is 4.82. The Morgan fingerprint density at radius 1 is 1.32 bits per heavy atom. The van der Waals surface area contributed by atoms with Crippen LogP contribution < -0.4 is 4.72 Å². The predicted octanol–water partition coefficient (Wildman–Crippen LogP) is 2.62. The van der Waals surface area contributed by atoms with Crippen molar-refractivity contribution in [3.63, 3.8) is 0 Å². The molecule has 0 unspecified atom stereocenters. The number of nitrogens with zero attached hydrogens (tertiary/aromatic N) is 1. The molecule has 0 saturated carbocycles. The van der Waals surface area contributed by atoms with Gasteiger partial charge in [-0.05, 0) is 32.0 Å². The van der Waals surface area contributed by atoms with E-state index in [-0.39, 0.29) is 15.6 Å². The number of halogens is 2. The number of rotatable bonds is 3. The third kappa shape index (κ3) is 2.87. The van der Waals surface area contributed by atoms with Gasteiger partial charge >= 0.3 is 0 Å². The first kappa shape index (κ1) is 13.8. The summed E-state index contributed by atoms with van der Waals surface area (Å²) in [6.45, 7) is 3.16. The molecule has 2 N–H and O–H groups in total. The lowest BCUT2D eigenvalue weighted by Gasteiger charge is -2.08. The molecule has 2 rings (SSSR count). The van der Waals surface area contributed by atoms with E-state index in [1.54, 1.807) is 13.8 Å². The Labute approximate surface area is 114 Å². The number of aromatic nitrogens is 2. The summed E-state index contributed by atoms with van der Waals surface area (Å²) in [6.07, 6.45) is 0. The van der Waals surface area contributed by atoms with Crippen LogP contribution in [0.15, 0.2) is 23.1 Å². The van der Waals surface area contributed by atoms with Crippen molar-refractivity contribution in [2.24, 2.45) is 0 Å². The van der Waals surface area contributed by atoms with Crippen LogP contribution in [0.3, 0.4) is 0 Å². The summed E-state index contributed by atoms with van der Waals surface area (Å²) in [4.78, 5) is 0.0490. The number of sulfonamides is 1. The van der Waals surface area contributed by atoms with Crippen LogP contribution in [0.1, 0.15) is 11.4 Å². The van der Waals surface area contributed by atoms with Crippen LogP contribution in [-0.2, 0) is 10.0 Å². The molecule has 0 amide bonds. The van der Waals surface area contributed by atoms with Crippen molar-refractivity contribution in [2.75, 3.05) is 4.72 Å². The zero-order valence-electron chi connectivity index (χ0n) is 10.2. The minimum atomic E-state index is -3.83. The number of hydrogen-bond donors (Lipinski definition) is 2. The third-order valence-corrected chi connectivity index (χ3v) is 4.31. The number of aromatic amines is 1. The van der Waals surface area contributed by atoms with Crippen LogP contribution in [0.2, 0.25) is 5.02 Å². The molecular formula is C11H11ClFN3O2S. The zero-order chi connectivity index (χ0) is 14.2. The summed E-state index contributed by atoms with van der Waals surface area (Å²) in [5, 5.41) is 6.51. The maximum absolute atomic E-state index is 13.2. The molecule has 1 heterocycles. The molecule has 0 aliphatic rings. The molecular weight excluding hydrogens is 293 g/mol. The first-order valence-electron chi connectivity index (χ1n) is 5.30. The molecule has 0 atom stereocenters. The van der Waals surface area contributed by atoms with Crippen molar-refractivity contribution in [1.29, 1.82) is 0 Å². The van der Waals surface area contributed by atoms with Gasteiger partial charge in [0.25, 0.3) is 10.0 Å². The Kier molecular flexibility index (Phi) is 3.51. The van der Waals surface area contributed by atoms with E-state index in [4.69, 9.17) is 11.6 Å². The minimum Gasteiger partial charge on any atom is -0.281 e. The quantitative estimate of drug-likeness (QED) is 0.915. The van der Waals surface area contributed by atoms with Crippen molar-refractivity contribution in [3.8, 4) is 0 Å². The van der Waals surface area contributed by atoms with Gasteiger partial charge in [0.2, 0.25) is 0 Å². The molecule has 0 saturated heterocycles. The lowest BCUT2D eigenvalue weighted by molar-refractivity contribution is 0.600. The molecule has 1 aromatic carbocycles. The second-order valence-corrected chi connectivity index (χ2v) is 6.08. The molecule has 0 spiro atoms. The van der Waals surface area contributed by atoms with E-state index in [1.165, 1.54) is 6.07 Å². The van der Waals surface area contributed by atoms with Crippen molar-refractivity contribution in [1.82, 2.24) is 10.2 Å². The molecule has 0 radical (unpaired) electrons. The van der Waals surface area contributed by atoms with Gasteiger partial charge in [0.15, 0.2) is 0 Å². The molecule has 0 aliphatic carbocycles. The largest absolute Gasteiger partial charge is 0.281 e. The fourth-order valence-corrected chi connectivity index (χ4v) is 3.39. The number of anilines is 1. The van der Waals surface area contributed by atoms with E-state index < -0.39 is 15.8 Å². The highest BCUT2D eigenvalue weighted by Gasteiger charge is 2.22. The van der Waals surface area contributed by atoms with E-state index in [2.05, 4.69) is 14.9 Å². The fraction of sp³-hybridized carbons (Fsp3) is 0.182. The van der Waals surface area contributed by atoms with E-state index in [9.17, 15) is 12.8 Å². The molecule has 19 heavy (non-hydrogen) atoms. The van der Waals surface area contributed by atoms with Crippen LogP contribution in [0.25, 0.3) is 0 Å². The maximum Gasteiger partial charge on any atom is 0.265 e. The summed E-state index contributed by atoms with van der Waals surface area (Å²) in [6, 6.07) is 3.47. The van der Waals surface area contributed by atoms with Gasteiger partial charge in [-0.25, -0.2) is 12.8 Å². The van der Waals surface area contributed by atoms with E-state index in [0.717, 1.165) is 12.1 Å². The van der Waals surface area contributed by atoms with Crippen LogP contribution in [0.4, 0.5) is 10.1 Å². The van der Waals surface area contributed by atoms with Gasteiger partial charge in [-0.1, -0.05) is 11.6 Å². The highest BCUT2D eigenvalue weighted by molar-refractivity contribution is 7.92. The predicted molar refractivity (Wildman–Crippen MR) is 70.3 cm³/mol. The van der Waals surface area contributed by atoms with Crippen LogP contribution in [0, 0.1) is 19.7 Å². The first-order chi connectivity index (χ1) is 8.79. The molecule has 1 aromatic heterocycles. The topological polar surface area (TPSA) is 74.8 Å². The Morgan fingerprint density at radius 2 is 2.00 bits per heavy atom. The fourth-order valence-electron chi connectivity index (χ4n) is 1.76. The van der Waals surface area contributed by atoms with E-state index in [1.807, 2.05) is 0 Å². The first-order valence-corrected chi connectivity index (χ1v) is 7.16. The lowest BCUT2D eigenvalue weighted by Crippen LogP contribution is -2.14. The Bertz CT molecular complexity index is 688. The third-order valence-electron chi connectivity index (χ3n) is 2.44. The number of aryl methyl sites for hydroxylation is 2. The minimum absolute atomic E-state index is 0.0490. The summed E-state index contributed by atoms with van der Waals surface area (Å²) >= 11 is 5.67. The van der Waals surface area contributed by atoms with Crippen LogP contribution in [0.5, 0.6) is 0 Å². The highest BCUT2D eigenvalue weighted by Crippen LogP contribution is 2.23. The summed E-state index contributed by atoms with van der Waals surface area (Å²) in [5.74, 6) is -0.620. The average Bonchev–Trinajstić information content (AvgIpc) is 2.56. The molecule has 5 nitrogen and oxygen atoms in total. The molecule has 0 aliphatic heterocycles. The molecule has 8 heteroatoms. The maximum atomic E-state index is 13.2. The van der Waals surface area contributed by atoms with Crippen molar-refractivity contribution >= 4 is 27.3 Å². The number of hydrogen-bond acceptors (Lipinski definition) is 3. The van der Waals surface area contributed by atoms with Gasteiger partial charge in [-0.15, -0.1) is 0 Å². The van der Waals surface area contributed by atoms with Gasteiger partial charge in [0.1, 0.15) is 10.7 Å². The van der Waals surface area contributed by atoms with E-state index >= 15 is 0 Å². The zero-order valence-corrected chi connectivity index (χ0v) is 11.7. The van der Waals surface area contributed by atoms with Crippen molar-refractivity contribution in [2.45, 2.75) is 18.7 Å². The van der Waals surface area contributed by atoms with Gasteiger partial charge in [-0.2, -0.15) is 5.10 Å². The number of benzene rings is 1. The number of H-pyrrole nitrogens is 1. The van der Waals surface area contributed by atoms with Gasteiger partial charge in [0.05, 0.1) is 17.1 Å².